The second-order valence-corrected chi connectivity index (χ2v) is 8.61. The molecule has 0 aliphatic heterocycles. The molecule has 0 aromatic heterocycles. The minimum absolute atomic E-state index is 0.0228. The van der Waals surface area contributed by atoms with E-state index >= 15 is 0 Å². The van der Waals surface area contributed by atoms with Gasteiger partial charge < -0.3 is 10.8 Å². The number of carbonyl (C=O) groups excluding carboxylic acids is 1. The van der Waals surface area contributed by atoms with Crippen LogP contribution in [0.15, 0.2) is 18.2 Å². The molecule has 2 saturated carbocycles. The van der Waals surface area contributed by atoms with E-state index in [4.69, 9.17) is 5.73 Å². The average molecular weight is 327 g/mol. The van der Waals surface area contributed by atoms with Gasteiger partial charge in [0.1, 0.15) is 0 Å². The molecule has 0 radical (unpaired) electrons. The van der Waals surface area contributed by atoms with E-state index < -0.39 is 12.0 Å². The maximum absolute atomic E-state index is 11.3. The fourth-order valence-corrected chi connectivity index (χ4v) is 6.26. The van der Waals surface area contributed by atoms with Gasteiger partial charge in [0.05, 0.1) is 12.5 Å². The molecular weight excluding hydrogens is 298 g/mol. The van der Waals surface area contributed by atoms with Gasteiger partial charge in [0.25, 0.3) is 0 Å². The monoisotopic (exact) mass is 327 g/mol. The second kappa shape index (κ2) is 5.87. The van der Waals surface area contributed by atoms with Crippen molar-refractivity contribution in [1.29, 1.82) is 0 Å². The summed E-state index contributed by atoms with van der Waals surface area (Å²) in [5.41, 5.74) is 9.57. The van der Waals surface area contributed by atoms with E-state index in [9.17, 15) is 9.90 Å². The van der Waals surface area contributed by atoms with E-state index in [0.29, 0.717) is 11.3 Å². The summed E-state index contributed by atoms with van der Waals surface area (Å²) in [4.78, 5) is 11.3. The van der Waals surface area contributed by atoms with Gasteiger partial charge in [-0.3, -0.25) is 4.79 Å². The van der Waals surface area contributed by atoms with Crippen LogP contribution in [0.2, 0.25) is 0 Å². The SMILES string of the molecule is C[C@@]12CCC[C@H]1[C@@H]1CCc3cccc(C(O)CC(N)=O)c3[C@H]1CC2. The number of benzene rings is 1. The van der Waals surface area contributed by atoms with Gasteiger partial charge in [-0.05, 0) is 78.4 Å². The van der Waals surface area contributed by atoms with Crippen molar-refractivity contribution in [1.82, 2.24) is 0 Å². The zero-order valence-electron chi connectivity index (χ0n) is 14.6. The first-order chi connectivity index (χ1) is 11.5. The van der Waals surface area contributed by atoms with E-state index in [1.807, 2.05) is 12.1 Å². The van der Waals surface area contributed by atoms with Crippen molar-refractivity contribution in [2.24, 2.45) is 23.0 Å². The minimum atomic E-state index is -0.756. The van der Waals surface area contributed by atoms with Crippen LogP contribution in [0.5, 0.6) is 0 Å². The molecule has 3 aliphatic rings. The highest BCUT2D eigenvalue weighted by Crippen LogP contribution is 2.61. The van der Waals surface area contributed by atoms with Gasteiger partial charge >= 0.3 is 0 Å². The first-order valence-electron chi connectivity index (χ1n) is 9.57. The lowest BCUT2D eigenvalue weighted by molar-refractivity contribution is -0.119. The van der Waals surface area contributed by atoms with Crippen LogP contribution in [0.25, 0.3) is 0 Å². The zero-order valence-corrected chi connectivity index (χ0v) is 14.6. The van der Waals surface area contributed by atoms with Gasteiger partial charge in [0.15, 0.2) is 0 Å². The normalized spacial score (nSPS) is 35.7. The predicted octanol–water partition coefficient (Wildman–Crippen LogP) is 3.84. The minimum Gasteiger partial charge on any atom is -0.388 e. The first-order valence-corrected chi connectivity index (χ1v) is 9.57. The van der Waals surface area contributed by atoms with Crippen molar-refractivity contribution < 1.29 is 9.90 Å². The number of fused-ring (bicyclic) bond motifs is 5. The summed E-state index contributed by atoms with van der Waals surface area (Å²) in [6.07, 6.45) is 8.33. The number of primary amides is 1. The lowest BCUT2D eigenvalue weighted by Gasteiger charge is -2.50. The third-order valence-electron chi connectivity index (χ3n) is 7.32. The van der Waals surface area contributed by atoms with Crippen molar-refractivity contribution in [3.8, 4) is 0 Å². The van der Waals surface area contributed by atoms with Crippen LogP contribution in [-0.2, 0) is 11.2 Å². The molecule has 1 amide bonds. The summed E-state index contributed by atoms with van der Waals surface area (Å²) in [6, 6.07) is 6.26. The molecule has 0 bridgehead atoms. The Morgan fingerprint density at radius 1 is 1.33 bits per heavy atom. The Hall–Kier alpha value is -1.35. The summed E-state index contributed by atoms with van der Waals surface area (Å²) in [5.74, 6) is 1.72. The Morgan fingerprint density at radius 3 is 2.96 bits per heavy atom. The Bertz CT molecular complexity index is 655. The number of rotatable bonds is 3. The van der Waals surface area contributed by atoms with Crippen LogP contribution in [0, 0.1) is 17.3 Å². The molecule has 3 N–H and O–H groups in total. The summed E-state index contributed by atoms with van der Waals surface area (Å²) >= 11 is 0. The van der Waals surface area contributed by atoms with Crippen LogP contribution in [0.1, 0.15) is 80.6 Å². The van der Waals surface area contributed by atoms with E-state index in [2.05, 4.69) is 13.0 Å². The van der Waals surface area contributed by atoms with E-state index in [0.717, 1.165) is 23.8 Å². The van der Waals surface area contributed by atoms with Gasteiger partial charge in [-0.15, -0.1) is 0 Å². The van der Waals surface area contributed by atoms with Crippen LogP contribution < -0.4 is 5.73 Å². The topological polar surface area (TPSA) is 63.3 Å². The van der Waals surface area contributed by atoms with Crippen molar-refractivity contribution in [2.45, 2.75) is 70.3 Å². The van der Waals surface area contributed by atoms with Crippen molar-refractivity contribution >= 4 is 5.91 Å². The maximum Gasteiger partial charge on any atom is 0.220 e. The van der Waals surface area contributed by atoms with Crippen LogP contribution in [0.4, 0.5) is 0 Å². The second-order valence-electron chi connectivity index (χ2n) is 8.61. The van der Waals surface area contributed by atoms with Gasteiger partial charge in [0.2, 0.25) is 5.91 Å². The number of aliphatic hydroxyl groups is 1. The largest absolute Gasteiger partial charge is 0.388 e. The Kier molecular flexibility index (Phi) is 3.95. The standard InChI is InChI=1S/C21H29NO2/c1-21-10-3-6-17(21)14-8-7-13-4-2-5-16(18(23)12-19(22)24)20(13)15(14)9-11-21/h2,4-5,14-15,17-18,23H,3,6-12H2,1H3,(H2,22,24)/t14-,15+,17+,18?,21+/m1/s1. The molecule has 3 aliphatic carbocycles. The summed E-state index contributed by atoms with van der Waals surface area (Å²) in [7, 11) is 0. The third-order valence-corrected chi connectivity index (χ3v) is 7.32. The van der Waals surface area contributed by atoms with E-state index in [1.165, 1.54) is 49.7 Å². The molecule has 3 nitrogen and oxygen atoms in total. The molecule has 1 aromatic carbocycles. The van der Waals surface area contributed by atoms with Crippen LogP contribution in [-0.4, -0.2) is 11.0 Å². The highest BCUT2D eigenvalue weighted by molar-refractivity contribution is 5.74. The molecule has 130 valence electrons. The van der Waals surface area contributed by atoms with E-state index in [-0.39, 0.29) is 6.42 Å². The van der Waals surface area contributed by atoms with E-state index in [1.54, 1.807) is 0 Å². The number of amides is 1. The molecule has 1 aromatic rings. The molecule has 0 spiro atoms. The highest BCUT2D eigenvalue weighted by Gasteiger charge is 2.50. The number of aryl methyl sites for hydroxylation is 1. The molecule has 4 rings (SSSR count). The molecule has 24 heavy (non-hydrogen) atoms. The van der Waals surface area contributed by atoms with Gasteiger partial charge in [-0.25, -0.2) is 0 Å². The number of nitrogens with two attached hydrogens (primary N) is 1. The van der Waals surface area contributed by atoms with Gasteiger partial charge in [0, 0.05) is 0 Å². The molecule has 0 heterocycles. The lowest BCUT2D eigenvalue weighted by atomic mass is 9.55. The molecule has 0 saturated heterocycles. The smallest absolute Gasteiger partial charge is 0.220 e. The lowest BCUT2D eigenvalue weighted by Crippen LogP contribution is -2.40. The summed E-state index contributed by atoms with van der Waals surface area (Å²) < 4.78 is 0. The van der Waals surface area contributed by atoms with Gasteiger partial charge in [-0.2, -0.15) is 0 Å². The first kappa shape index (κ1) is 16.1. The number of aliphatic hydroxyl groups excluding tert-OH is 1. The van der Waals surface area contributed by atoms with Crippen molar-refractivity contribution in [3.05, 3.63) is 34.9 Å². The molecular formula is C21H29NO2. The zero-order chi connectivity index (χ0) is 16.9. The quantitative estimate of drug-likeness (QED) is 0.886. The van der Waals surface area contributed by atoms with Crippen LogP contribution >= 0.6 is 0 Å². The molecule has 1 unspecified atom stereocenters. The summed E-state index contributed by atoms with van der Waals surface area (Å²) in [6.45, 7) is 2.50. The Morgan fingerprint density at radius 2 is 2.17 bits per heavy atom. The molecule has 3 heteroatoms. The summed E-state index contributed by atoms with van der Waals surface area (Å²) in [5, 5.41) is 10.6. The molecule has 2 fully saturated rings. The molecule has 5 atom stereocenters. The fourth-order valence-electron chi connectivity index (χ4n) is 6.26. The number of hydrogen-bond donors (Lipinski definition) is 2. The van der Waals surface area contributed by atoms with Crippen molar-refractivity contribution in [2.75, 3.05) is 0 Å². The highest BCUT2D eigenvalue weighted by atomic mass is 16.3. The average Bonchev–Trinajstić information content (AvgIpc) is 2.95. The predicted molar refractivity (Wildman–Crippen MR) is 94.4 cm³/mol. The fraction of sp³-hybridized carbons (Fsp3) is 0.667. The Balaban J connectivity index is 1.72. The van der Waals surface area contributed by atoms with Gasteiger partial charge in [-0.1, -0.05) is 31.5 Å². The van der Waals surface area contributed by atoms with Crippen LogP contribution in [0.3, 0.4) is 0 Å². The number of carbonyl (C=O) groups is 1. The Labute approximate surface area is 144 Å². The third kappa shape index (κ3) is 2.48. The maximum atomic E-state index is 11.3. The number of hydrogen-bond acceptors (Lipinski definition) is 2. The van der Waals surface area contributed by atoms with Crippen molar-refractivity contribution in [3.63, 3.8) is 0 Å².